The van der Waals surface area contributed by atoms with E-state index in [1.165, 1.54) is 13.2 Å². The van der Waals surface area contributed by atoms with Crippen molar-refractivity contribution >= 4 is 16.9 Å². The molecule has 0 unspecified atom stereocenters. The molecule has 0 aliphatic carbocycles. The van der Waals surface area contributed by atoms with Gasteiger partial charge in [-0.1, -0.05) is 19.9 Å². The van der Waals surface area contributed by atoms with Gasteiger partial charge in [-0.15, -0.1) is 4.73 Å². The van der Waals surface area contributed by atoms with Gasteiger partial charge in [-0.05, 0) is 23.6 Å². The average Bonchev–Trinajstić information content (AvgIpc) is 3.01. The third-order valence-electron chi connectivity index (χ3n) is 4.39. The van der Waals surface area contributed by atoms with Crippen molar-refractivity contribution < 1.29 is 19.4 Å². The summed E-state index contributed by atoms with van der Waals surface area (Å²) in [4.78, 5) is 29.7. The monoisotopic (exact) mass is 371 g/mol. The fourth-order valence-corrected chi connectivity index (χ4v) is 3.25. The van der Waals surface area contributed by atoms with Crippen LogP contribution >= 0.6 is 0 Å². The molecule has 0 fully saturated rings. The molecule has 8 nitrogen and oxygen atoms in total. The number of rotatable bonds is 6. The number of ether oxygens (including phenoxy) is 1. The molecule has 2 heterocycles. The molecule has 0 radical (unpaired) electrons. The lowest BCUT2D eigenvalue weighted by atomic mass is 10.0. The summed E-state index contributed by atoms with van der Waals surface area (Å²) in [5, 5.41) is 22.6. The number of hydrogen-bond acceptors (Lipinski definition) is 4. The van der Waals surface area contributed by atoms with Crippen molar-refractivity contribution in [3.8, 4) is 5.88 Å². The Morgan fingerprint density at radius 2 is 2.11 bits per heavy atom. The van der Waals surface area contributed by atoms with Crippen LogP contribution in [0.3, 0.4) is 0 Å². The number of carbonyl (C=O) groups is 1. The largest absolute Gasteiger partial charge is 0.616 e. The van der Waals surface area contributed by atoms with Gasteiger partial charge < -0.3 is 25.0 Å². The highest BCUT2D eigenvalue weighted by molar-refractivity contribution is 6.04. The lowest BCUT2D eigenvalue weighted by molar-refractivity contribution is -0.622. The zero-order valence-electron chi connectivity index (χ0n) is 15.3. The topological polar surface area (TPSA) is 122 Å². The van der Waals surface area contributed by atoms with Crippen LogP contribution in [0.25, 0.3) is 10.9 Å². The van der Waals surface area contributed by atoms with Crippen LogP contribution in [0.2, 0.25) is 0 Å². The number of aromatic amines is 2. The Morgan fingerprint density at radius 1 is 1.37 bits per heavy atom. The highest BCUT2D eigenvalue weighted by Crippen LogP contribution is 2.26. The van der Waals surface area contributed by atoms with E-state index in [0.717, 1.165) is 0 Å². The number of hydrogen-bond donors (Lipinski definition) is 3. The maximum atomic E-state index is 12.6. The second-order valence-corrected chi connectivity index (χ2v) is 6.80. The number of aromatic carboxylic acids is 1. The van der Waals surface area contributed by atoms with Gasteiger partial charge in [-0.25, -0.2) is 4.79 Å². The van der Waals surface area contributed by atoms with Crippen molar-refractivity contribution in [1.82, 2.24) is 9.97 Å². The molecule has 3 rings (SSSR count). The highest BCUT2D eigenvalue weighted by Gasteiger charge is 2.25. The highest BCUT2D eigenvalue weighted by atomic mass is 16.5. The Labute approximate surface area is 155 Å². The third kappa shape index (κ3) is 3.38. The minimum atomic E-state index is -1.05. The van der Waals surface area contributed by atoms with E-state index >= 15 is 0 Å². The van der Waals surface area contributed by atoms with Crippen LogP contribution in [0, 0.1) is 11.1 Å². The number of fused-ring (bicyclic) bond motifs is 1. The SMILES string of the molecule is COc1c(Cc2c[nH]c3cccc(C(=O)O)c23)[nH]c(=O)c(CC(C)C)[n+]1[O-]. The first-order chi connectivity index (χ1) is 12.8. The van der Waals surface area contributed by atoms with Gasteiger partial charge in [0.1, 0.15) is 5.69 Å². The molecule has 3 N–H and O–H groups in total. The minimum Gasteiger partial charge on any atom is -0.616 e. The van der Waals surface area contributed by atoms with Crippen molar-refractivity contribution in [2.45, 2.75) is 26.7 Å². The van der Waals surface area contributed by atoms with Crippen molar-refractivity contribution in [3.05, 3.63) is 62.5 Å². The number of benzene rings is 1. The van der Waals surface area contributed by atoms with Gasteiger partial charge in [0.25, 0.3) is 5.69 Å². The lowest BCUT2D eigenvalue weighted by Crippen LogP contribution is -2.43. The van der Waals surface area contributed by atoms with E-state index in [0.29, 0.717) is 33.3 Å². The van der Waals surface area contributed by atoms with Crippen LogP contribution in [0.5, 0.6) is 5.88 Å². The molecule has 0 aliphatic heterocycles. The smallest absolute Gasteiger partial charge is 0.400 e. The second-order valence-electron chi connectivity index (χ2n) is 6.80. The van der Waals surface area contributed by atoms with Crippen LogP contribution < -0.4 is 15.0 Å². The van der Waals surface area contributed by atoms with Crippen molar-refractivity contribution in [1.29, 1.82) is 0 Å². The molecule has 27 heavy (non-hydrogen) atoms. The predicted octanol–water partition coefficient (Wildman–Crippen LogP) is 1.99. The summed E-state index contributed by atoms with van der Waals surface area (Å²) in [6, 6.07) is 4.94. The molecule has 0 aliphatic rings. The van der Waals surface area contributed by atoms with E-state index in [-0.39, 0.29) is 29.5 Å². The van der Waals surface area contributed by atoms with E-state index in [4.69, 9.17) is 4.74 Å². The van der Waals surface area contributed by atoms with Crippen LogP contribution in [0.1, 0.15) is 41.2 Å². The minimum absolute atomic E-state index is 0.00686. The first-order valence-electron chi connectivity index (χ1n) is 8.57. The van der Waals surface area contributed by atoms with Gasteiger partial charge in [0.15, 0.2) is 0 Å². The van der Waals surface area contributed by atoms with Gasteiger partial charge in [-0.2, -0.15) is 0 Å². The first kappa shape index (κ1) is 18.5. The Hall–Kier alpha value is -3.29. The quantitative estimate of drug-likeness (QED) is 0.452. The summed E-state index contributed by atoms with van der Waals surface area (Å²) < 4.78 is 5.77. The Balaban J connectivity index is 2.13. The first-order valence-corrected chi connectivity index (χ1v) is 8.57. The van der Waals surface area contributed by atoms with Crippen LogP contribution in [0.4, 0.5) is 0 Å². The molecule has 8 heteroatoms. The standard InChI is InChI=1S/C19H21N3O5/c1-10(2)7-15-17(23)21-14(18(27-3)22(15)26)8-11-9-20-13-6-4-5-12(16(11)13)19(24)25/h4-6,9-10,20H,7-8H2,1-3H3,(H,21,23)(H,24,25). The third-order valence-corrected chi connectivity index (χ3v) is 4.39. The fourth-order valence-electron chi connectivity index (χ4n) is 3.25. The zero-order valence-corrected chi connectivity index (χ0v) is 15.3. The normalized spacial score (nSPS) is 11.3. The van der Waals surface area contributed by atoms with Gasteiger partial charge in [0, 0.05) is 29.9 Å². The number of methoxy groups -OCH3 is 1. The van der Waals surface area contributed by atoms with Crippen LogP contribution in [0.15, 0.2) is 29.2 Å². The summed E-state index contributed by atoms with van der Waals surface area (Å²) in [7, 11) is 1.36. The summed E-state index contributed by atoms with van der Waals surface area (Å²) in [5.41, 5.74) is 1.39. The Morgan fingerprint density at radius 3 is 2.74 bits per heavy atom. The van der Waals surface area contributed by atoms with Crippen molar-refractivity contribution in [3.63, 3.8) is 0 Å². The molecule has 3 aromatic rings. The summed E-state index contributed by atoms with van der Waals surface area (Å²) in [6.07, 6.45) is 2.14. The molecule has 142 valence electrons. The predicted molar refractivity (Wildman–Crippen MR) is 99.2 cm³/mol. The number of aromatic nitrogens is 3. The molecule has 1 aromatic carbocycles. The van der Waals surface area contributed by atoms with E-state index in [2.05, 4.69) is 9.97 Å². The van der Waals surface area contributed by atoms with Gasteiger partial charge >= 0.3 is 17.4 Å². The van der Waals surface area contributed by atoms with Crippen LogP contribution in [-0.2, 0) is 12.8 Å². The van der Waals surface area contributed by atoms with E-state index in [1.54, 1.807) is 18.3 Å². The van der Waals surface area contributed by atoms with Crippen molar-refractivity contribution in [2.24, 2.45) is 5.92 Å². The molecule has 0 saturated heterocycles. The van der Waals surface area contributed by atoms with E-state index in [1.807, 2.05) is 13.8 Å². The summed E-state index contributed by atoms with van der Waals surface area (Å²) >= 11 is 0. The van der Waals surface area contributed by atoms with Gasteiger partial charge in [-0.3, -0.25) is 4.79 Å². The number of carboxylic acid groups (broad SMARTS) is 1. The van der Waals surface area contributed by atoms with Crippen molar-refractivity contribution in [2.75, 3.05) is 7.11 Å². The van der Waals surface area contributed by atoms with Gasteiger partial charge in [0.2, 0.25) is 0 Å². The number of nitrogens with one attached hydrogen (secondary N) is 2. The molecule has 0 bridgehead atoms. The second kappa shape index (κ2) is 7.14. The summed E-state index contributed by atoms with van der Waals surface area (Å²) in [5.74, 6) is -0.908. The number of nitrogens with zero attached hydrogens (tertiary/aromatic N) is 1. The molecule has 0 amide bonds. The van der Waals surface area contributed by atoms with E-state index in [9.17, 15) is 19.9 Å². The molecule has 0 saturated carbocycles. The Kier molecular flexibility index (Phi) is 4.89. The molecule has 0 spiro atoms. The van der Waals surface area contributed by atoms with Gasteiger partial charge in [0.05, 0.1) is 12.7 Å². The van der Waals surface area contributed by atoms with E-state index < -0.39 is 11.5 Å². The molecule has 0 atom stereocenters. The number of carboxylic acids is 1. The average molecular weight is 371 g/mol. The fraction of sp³-hybridized carbons (Fsp3) is 0.316. The number of H-pyrrole nitrogens is 2. The molecule has 2 aromatic heterocycles. The Bertz CT molecular complexity index is 1070. The zero-order chi connectivity index (χ0) is 19.7. The lowest BCUT2D eigenvalue weighted by Gasteiger charge is -2.12. The summed E-state index contributed by atoms with van der Waals surface area (Å²) in [6.45, 7) is 3.83. The maximum Gasteiger partial charge on any atom is 0.400 e. The molecular formula is C19H21N3O5. The maximum absolute atomic E-state index is 12.6. The molecular weight excluding hydrogens is 350 g/mol. The van der Waals surface area contributed by atoms with Crippen LogP contribution in [-0.4, -0.2) is 28.2 Å².